The van der Waals surface area contributed by atoms with Crippen molar-refractivity contribution in [2.24, 2.45) is 0 Å². The predicted octanol–water partition coefficient (Wildman–Crippen LogP) is 3.17. The van der Waals surface area contributed by atoms with E-state index in [1.54, 1.807) is 82.3 Å². The van der Waals surface area contributed by atoms with Gasteiger partial charge in [-0.1, -0.05) is 72.7 Å². The third-order valence-corrected chi connectivity index (χ3v) is 7.15. The van der Waals surface area contributed by atoms with Crippen LogP contribution in [0.3, 0.4) is 0 Å². The van der Waals surface area contributed by atoms with Gasteiger partial charge in [0.25, 0.3) is 5.89 Å². The van der Waals surface area contributed by atoms with Crippen LogP contribution in [0, 0.1) is 0 Å². The van der Waals surface area contributed by atoms with Crippen molar-refractivity contribution < 1.29 is 32.4 Å². The van der Waals surface area contributed by atoms with Crippen LogP contribution in [0.15, 0.2) is 65.2 Å². The number of amides is 2. The van der Waals surface area contributed by atoms with Gasteiger partial charge in [0, 0.05) is 5.56 Å². The van der Waals surface area contributed by atoms with Gasteiger partial charge in [-0.25, -0.2) is 13.2 Å². The summed E-state index contributed by atoms with van der Waals surface area (Å²) in [5.74, 6) is -1.67. The molecule has 0 aliphatic heterocycles. The Labute approximate surface area is 227 Å². The van der Waals surface area contributed by atoms with Gasteiger partial charge < -0.3 is 25.0 Å². The molecular weight excluding hydrogens is 524 g/mol. The van der Waals surface area contributed by atoms with Gasteiger partial charge in [0.1, 0.15) is 11.6 Å². The van der Waals surface area contributed by atoms with Gasteiger partial charge >= 0.3 is 6.09 Å². The van der Waals surface area contributed by atoms with Gasteiger partial charge in [-0.2, -0.15) is 4.98 Å². The van der Waals surface area contributed by atoms with Crippen LogP contribution >= 0.6 is 0 Å². The number of aromatic nitrogens is 2. The summed E-state index contributed by atoms with van der Waals surface area (Å²) in [5.41, 5.74) is 0.355. The molecule has 3 atom stereocenters. The van der Waals surface area contributed by atoms with Gasteiger partial charge in [-0.15, -0.1) is 0 Å². The molecule has 0 aliphatic carbocycles. The largest absolute Gasteiger partial charge is 0.444 e. The second kappa shape index (κ2) is 12.9. The van der Waals surface area contributed by atoms with Gasteiger partial charge in [-0.05, 0) is 32.8 Å². The van der Waals surface area contributed by atoms with E-state index in [0.29, 0.717) is 11.1 Å². The minimum atomic E-state index is -3.84. The fourth-order valence-corrected chi connectivity index (χ4v) is 5.25. The molecular formula is C27H34N4O7S. The lowest BCUT2D eigenvalue weighted by atomic mass is 10.1. The lowest BCUT2D eigenvalue weighted by molar-refractivity contribution is -0.124. The molecule has 3 N–H and O–H groups in total. The normalized spacial score (nSPS) is 14.2. The van der Waals surface area contributed by atoms with Crippen molar-refractivity contribution in [3.63, 3.8) is 0 Å². The Kier molecular flexibility index (Phi) is 9.81. The topological polar surface area (TPSA) is 161 Å². The molecule has 3 aromatic rings. The molecule has 0 saturated carbocycles. The summed E-state index contributed by atoms with van der Waals surface area (Å²) in [6, 6.07) is 15.1. The van der Waals surface area contributed by atoms with E-state index in [1.807, 2.05) is 6.07 Å². The van der Waals surface area contributed by atoms with E-state index in [0.717, 1.165) is 0 Å². The number of ether oxygens (including phenoxy) is 1. The zero-order chi connectivity index (χ0) is 28.6. The Bertz CT molecular complexity index is 1340. The summed E-state index contributed by atoms with van der Waals surface area (Å²) in [6.07, 6.45) is -2.09. The highest BCUT2D eigenvalue weighted by Gasteiger charge is 2.33. The highest BCUT2D eigenvalue weighted by Crippen LogP contribution is 2.22. The van der Waals surface area contributed by atoms with Crippen LogP contribution in [-0.4, -0.2) is 59.1 Å². The van der Waals surface area contributed by atoms with Crippen molar-refractivity contribution in [1.82, 2.24) is 20.8 Å². The van der Waals surface area contributed by atoms with Crippen LogP contribution < -0.4 is 10.6 Å². The number of aliphatic hydroxyl groups is 1. The summed E-state index contributed by atoms with van der Waals surface area (Å²) in [5, 5.41) is 19.8. The molecule has 0 bridgehead atoms. The summed E-state index contributed by atoms with van der Waals surface area (Å²) in [4.78, 5) is 30.0. The van der Waals surface area contributed by atoms with E-state index in [4.69, 9.17) is 9.26 Å². The minimum absolute atomic E-state index is 0.116. The van der Waals surface area contributed by atoms with Crippen LogP contribution in [0.1, 0.15) is 51.7 Å². The summed E-state index contributed by atoms with van der Waals surface area (Å²) < 4.78 is 36.4. The molecule has 0 radical (unpaired) electrons. The second-order valence-electron chi connectivity index (χ2n) is 10.0. The van der Waals surface area contributed by atoms with E-state index >= 15 is 0 Å². The van der Waals surface area contributed by atoms with Crippen molar-refractivity contribution in [2.45, 2.75) is 63.7 Å². The zero-order valence-electron chi connectivity index (χ0n) is 22.3. The molecule has 39 heavy (non-hydrogen) atoms. The maximum Gasteiger partial charge on any atom is 0.408 e. The molecule has 3 rings (SSSR count). The van der Waals surface area contributed by atoms with E-state index in [9.17, 15) is 23.1 Å². The number of hydrogen-bond donors (Lipinski definition) is 3. The number of alkyl carbamates (subject to hydrolysis) is 1. The number of carbonyl (C=O) groups is 2. The molecule has 0 saturated heterocycles. The van der Waals surface area contributed by atoms with Crippen LogP contribution in [0.4, 0.5) is 4.79 Å². The average Bonchev–Trinajstić information content (AvgIpc) is 3.36. The number of sulfone groups is 1. The van der Waals surface area contributed by atoms with E-state index < -0.39 is 51.4 Å². The Morgan fingerprint density at radius 2 is 1.64 bits per heavy atom. The number of nitrogens with one attached hydrogen (secondary N) is 2. The lowest BCUT2D eigenvalue weighted by Crippen LogP contribution is -2.54. The van der Waals surface area contributed by atoms with E-state index in [2.05, 4.69) is 20.8 Å². The highest BCUT2D eigenvalue weighted by molar-refractivity contribution is 7.90. The molecule has 2 aromatic carbocycles. The quantitative estimate of drug-likeness (QED) is 0.321. The zero-order valence-corrected chi connectivity index (χ0v) is 23.1. The first-order valence-corrected chi connectivity index (χ1v) is 14.3. The number of rotatable bonds is 11. The molecule has 11 nitrogen and oxygen atoms in total. The molecule has 0 fully saturated rings. The molecule has 2 unspecified atom stereocenters. The SMILES string of the molecule is CCC(NC(=O)[C@H](CS(=O)(=O)Cc1ccccc1)NC(=O)OC(C)(C)C)C(O)c1nc(-c2ccccc2)no1. The monoisotopic (exact) mass is 558 g/mol. The van der Waals surface area contributed by atoms with Gasteiger partial charge in [-0.3, -0.25) is 4.79 Å². The molecule has 1 aromatic heterocycles. The molecule has 1 heterocycles. The Hall–Kier alpha value is -3.77. The van der Waals surface area contributed by atoms with Gasteiger partial charge in [0.05, 0.1) is 17.5 Å². The number of nitrogens with zero attached hydrogens (tertiary/aromatic N) is 2. The van der Waals surface area contributed by atoms with Gasteiger partial charge in [0.15, 0.2) is 15.9 Å². The second-order valence-corrected chi connectivity index (χ2v) is 12.1. The van der Waals surface area contributed by atoms with Crippen LogP contribution in [0.2, 0.25) is 0 Å². The Morgan fingerprint density at radius 1 is 1.03 bits per heavy atom. The Morgan fingerprint density at radius 3 is 2.23 bits per heavy atom. The van der Waals surface area contributed by atoms with E-state index in [-0.39, 0.29) is 23.9 Å². The minimum Gasteiger partial charge on any atom is -0.444 e. The fourth-order valence-electron chi connectivity index (χ4n) is 3.69. The van der Waals surface area contributed by atoms with Crippen molar-refractivity contribution in [3.05, 3.63) is 72.1 Å². The standard InChI is InChI=1S/C27H34N4O7S/c1-5-20(22(32)25-30-23(31-38-25)19-14-10-7-11-15-19)28-24(33)21(29-26(34)37-27(2,3)4)17-39(35,36)16-18-12-8-6-9-13-18/h6-15,20-22,32H,5,16-17H2,1-4H3,(H,28,33)(H,29,34)/t20?,21-,22?/m0/s1. The summed E-state index contributed by atoms with van der Waals surface area (Å²) >= 11 is 0. The van der Waals surface area contributed by atoms with Crippen molar-refractivity contribution in [3.8, 4) is 11.4 Å². The van der Waals surface area contributed by atoms with Crippen LogP contribution in [0.5, 0.6) is 0 Å². The number of carbonyl (C=O) groups excluding carboxylic acids is 2. The number of aliphatic hydroxyl groups excluding tert-OH is 1. The van der Waals surface area contributed by atoms with Gasteiger partial charge in [0.2, 0.25) is 11.7 Å². The molecule has 0 aliphatic rings. The maximum atomic E-state index is 13.3. The molecule has 2 amide bonds. The number of hydrogen-bond acceptors (Lipinski definition) is 9. The maximum absolute atomic E-state index is 13.3. The van der Waals surface area contributed by atoms with Crippen LogP contribution in [0.25, 0.3) is 11.4 Å². The first-order valence-electron chi connectivity index (χ1n) is 12.5. The van der Waals surface area contributed by atoms with Crippen molar-refractivity contribution in [2.75, 3.05) is 5.75 Å². The third-order valence-electron chi connectivity index (χ3n) is 5.53. The van der Waals surface area contributed by atoms with Crippen molar-refractivity contribution >= 4 is 21.8 Å². The molecule has 210 valence electrons. The lowest BCUT2D eigenvalue weighted by Gasteiger charge is -2.26. The number of benzene rings is 2. The van der Waals surface area contributed by atoms with E-state index in [1.165, 1.54) is 0 Å². The van der Waals surface area contributed by atoms with Crippen LogP contribution in [-0.2, 0) is 25.1 Å². The molecule has 0 spiro atoms. The summed E-state index contributed by atoms with van der Waals surface area (Å²) in [7, 11) is -3.84. The highest BCUT2D eigenvalue weighted by atomic mass is 32.2. The smallest absolute Gasteiger partial charge is 0.408 e. The average molecular weight is 559 g/mol. The first-order chi connectivity index (χ1) is 18.4. The Balaban J connectivity index is 1.77. The summed E-state index contributed by atoms with van der Waals surface area (Å²) in [6.45, 7) is 6.65. The predicted molar refractivity (Wildman–Crippen MR) is 144 cm³/mol. The third kappa shape index (κ3) is 9.18. The fraction of sp³-hybridized carbons (Fsp3) is 0.407. The first kappa shape index (κ1) is 29.8. The molecule has 12 heteroatoms. The van der Waals surface area contributed by atoms with Crippen molar-refractivity contribution in [1.29, 1.82) is 0 Å².